The number of amides is 1. The highest BCUT2D eigenvalue weighted by molar-refractivity contribution is 6.33. The molecule has 1 N–H and O–H groups in total. The van der Waals surface area contributed by atoms with Crippen LogP contribution in [-0.2, 0) is 6.54 Å². The summed E-state index contributed by atoms with van der Waals surface area (Å²) < 4.78 is 5.32. The Kier molecular flexibility index (Phi) is 5.37. The van der Waals surface area contributed by atoms with Crippen LogP contribution in [0.15, 0.2) is 57.8 Å². The first-order valence-corrected chi connectivity index (χ1v) is 9.85. The number of nitrogens with zero attached hydrogens (tertiary/aromatic N) is 3. The third-order valence-corrected chi connectivity index (χ3v) is 5.21. The van der Waals surface area contributed by atoms with E-state index in [0.29, 0.717) is 50.9 Å². The third-order valence-electron chi connectivity index (χ3n) is 4.88. The Bertz CT molecular complexity index is 1300. The largest absolute Gasteiger partial charge is 0.360 e. The molecule has 8 heteroatoms. The van der Waals surface area contributed by atoms with Crippen LogP contribution >= 0.6 is 11.6 Å². The van der Waals surface area contributed by atoms with E-state index >= 15 is 0 Å². The summed E-state index contributed by atoms with van der Waals surface area (Å²) >= 11 is 6.30. The number of carbonyl (C=O) groups excluding carboxylic acids is 1. The highest BCUT2D eigenvalue weighted by Crippen LogP contribution is 2.31. The van der Waals surface area contributed by atoms with Gasteiger partial charge < -0.3 is 14.4 Å². The minimum atomic E-state index is -0.276. The van der Waals surface area contributed by atoms with Crippen LogP contribution in [0, 0.1) is 6.92 Å². The van der Waals surface area contributed by atoms with Crippen LogP contribution in [0.3, 0.4) is 0 Å². The monoisotopic (exact) mass is 422 g/mol. The highest BCUT2D eigenvalue weighted by atomic mass is 35.5. The topological polar surface area (TPSA) is 92.1 Å². The van der Waals surface area contributed by atoms with Gasteiger partial charge in [0, 0.05) is 12.1 Å². The first-order valence-electron chi connectivity index (χ1n) is 9.48. The molecule has 30 heavy (non-hydrogen) atoms. The number of aryl methyl sites for hydroxylation is 1. The molecule has 0 aliphatic heterocycles. The maximum atomic E-state index is 13.4. The van der Waals surface area contributed by atoms with E-state index in [9.17, 15) is 9.59 Å². The highest BCUT2D eigenvalue weighted by Gasteiger charge is 2.27. The molecular weight excluding hydrogens is 404 g/mol. The van der Waals surface area contributed by atoms with E-state index in [2.05, 4.69) is 15.1 Å². The predicted molar refractivity (Wildman–Crippen MR) is 114 cm³/mol. The maximum Gasteiger partial charge on any atom is 0.260 e. The number of rotatable bonds is 5. The van der Waals surface area contributed by atoms with Crippen molar-refractivity contribution in [1.29, 1.82) is 0 Å². The molecule has 0 saturated heterocycles. The number of benzene rings is 2. The second-order valence-electron chi connectivity index (χ2n) is 6.79. The van der Waals surface area contributed by atoms with Crippen molar-refractivity contribution >= 4 is 28.4 Å². The van der Waals surface area contributed by atoms with Crippen molar-refractivity contribution in [2.45, 2.75) is 20.4 Å². The third kappa shape index (κ3) is 3.59. The number of halogens is 1. The van der Waals surface area contributed by atoms with Gasteiger partial charge in [-0.25, -0.2) is 4.98 Å². The van der Waals surface area contributed by atoms with E-state index in [1.807, 2.05) is 19.1 Å². The number of para-hydroxylation sites is 1. The van der Waals surface area contributed by atoms with Gasteiger partial charge in [0.25, 0.3) is 11.5 Å². The van der Waals surface area contributed by atoms with Gasteiger partial charge in [-0.05, 0) is 32.0 Å². The Morgan fingerprint density at radius 1 is 1.17 bits per heavy atom. The van der Waals surface area contributed by atoms with Crippen LogP contribution in [0.5, 0.6) is 0 Å². The molecule has 2 heterocycles. The van der Waals surface area contributed by atoms with Gasteiger partial charge >= 0.3 is 0 Å². The van der Waals surface area contributed by atoms with Gasteiger partial charge in [0.15, 0.2) is 0 Å². The molecule has 0 aliphatic carbocycles. The molecule has 0 atom stereocenters. The van der Waals surface area contributed by atoms with Crippen molar-refractivity contribution in [3.63, 3.8) is 0 Å². The van der Waals surface area contributed by atoms with E-state index < -0.39 is 0 Å². The fourth-order valence-electron chi connectivity index (χ4n) is 3.34. The molecule has 7 nitrogen and oxygen atoms in total. The second-order valence-corrected chi connectivity index (χ2v) is 7.20. The van der Waals surface area contributed by atoms with Crippen LogP contribution in [0.2, 0.25) is 5.02 Å². The number of aromatic amines is 1. The lowest BCUT2D eigenvalue weighted by Crippen LogP contribution is -2.32. The van der Waals surface area contributed by atoms with Crippen LogP contribution in [0.1, 0.15) is 28.9 Å². The zero-order valence-corrected chi connectivity index (χ0v) is 17.2. The fourth-order valence-corrected chi connectivity index (χ4v) is 3.56. The smallest absolute Gasteiger partial charge is 0.260 e. The minimum Gasteiger partial charge on any atom is -0.360 e. The number of fused-ring (bicyclic) bond motifs is 1. The SMILES string of the molecule is CCN(Cc1nc2ccccc2c(=O)[nH]1)C(=O)c1c(-c2ccccc2Cl)noc1C. The lowest BCUT2D eigenvalue weighted by atomic mass is 10.0. The zero-order chi connectivity index (χ0) is 21.3. The predicted octanol–water partition coefficient (Wildman–Crippen LogP) is 4.20. The number of H-pyrrole nitrogens is 1. The summed E-state index contributed by atoms with van der Waals surface area (Å²) in [5.41, 5.74) is 1.69. The molecule has 1 amide bonds. The van der Waals surface area contributed by atoms with Gasteiger partial charge in [0.05, 0.1) is 22.5 Å². The van der Waals surface area contributed by atoms with E-state index in [-0.39, 0.29) is 18.0 Å². The molecule has 2 aromatic heterocycles. The molecule has 0 radical (unpaired) electrons. The standard InChI is InChI=1S/C22H19ClN4O3/c1-3-27(12-18-24-17-11-7-5-9-15(17)21(28)25-18)22(29)19-13(2)30-26-20(19)14-8-4-6-10-16(14)23/h4-11H,3,12H2,1-2H3,(H,24,25,28). The van der Waals surface area contributed by atoms with Crippen LogP contribution in [-0.4, -0.2) is 32.5 Å². The molecular formula is C22H19ClN4O3. The summed E-state index contributed by atoms with van der Waals surface area (Å²) in [7, 11) is 0. The maximum absolute atomic E-state index is 13.4. The lowest BCUT2D eigenvalue weighted by molar-refractivity contribution is 0.0747. The van der Waals surface area contributed by atoms with Gasteiger partial charge in [-0.15, -0.1) is 0 Å². The molecule has 0 aliphatic rings. The van der Waals surface area contributed by atoms with Crippen molar-refractivity contribution in [3.05, 3.63) is 81.1 Å². The Hall–Kier alpha value is -3.45. The summed E-state index contributed by atoms with van der Waals surface area (Å²) in [4.78, 5) is 34.6. The summed E-state index contributed by atoms with van der Waals surface area (Å²) in [6.07, 6.45) is 0. The number of aromatic nitrogens is 3. The average Bonchev–Trinajstić information content (AvgIpc) is 3.13. The number of nitrogens with one attached hydrogen (secondary N) is 1. The Labute approximate surface area is 177 Å². The molecule has 2 aromatic carbocycles. The van der Waals surface area contributed by atoms with E-state index in [4.69, 9.17) is 16.1 Å². The summed E-state index contributed by atoms with van der Waals surface area (Å²) in [6.45, 7) is 4.09. The zero-order valence-electron chi connectivity index (χ0n) is 16.5. The van der Waals surface area contributed by atoms with E-state index in [0.717, 1.165) is 0 Å². The first-order chi connectivity index (χ1) is 14.5. The molecule has 4 aromatic rings. The van der Waals surface area contributed by atoms with Crippen molar-refractivity contribution in [3.8, 4) is 11.3 Å². The molecule has 152 valence electrons. The number of hydrogen-bond donors (Lipinski definition) is 1. The molecule has 4 rings (SSSR count). The quantitative estimate of drug-likeness (QED) is 0.520. The molecule has 0 bridgehead atoms. The van der Waals surface area contributed by atoms with E-state index in [1.165, 1.54) is 0 Å². The van der Waals surface area contributed by atoms with Gasteiger partial charge in [0.2, 0.25) is 0 Å². The summed E-state index contributed by atoms with van der Waals surface area (Å²) in [5.74, 6) is 0.526. The fraction of sp³-hybridized carbons (Fsp3) is 0.182. The Balaban J connectivity index is 1.70. The van der Waals surface area contributed by atoms with Crippen molar-refractivity contribution in [2.75, 3.05) is 6.54 Å². The molecule has 0 unspecified atom stereocenters. The molecule has 0 spiro atoms. The first kappa shape index (κ1) is 19.8. The van der Waals surface area contributed by atoms with Gasteiger partial charge in [-0.1, -0.05) is 47.1 Å². The minimum absolute atomic E-state index is 0.141. The van der Waals surface area contributed by atoms with Gasteiger partial charge in [-0.3, -0.25) is 9.59 Å². The van der Waals surface area contributed by atoms with Crippen LogP contribution < -0.4 is 5.56 Å². The summed E-state index contributed by atoms with van der Waals surface area (Å²) in [6, 6.07) is 14.2. The van der Waals surface area contributed by atoms with Crippen molar-refractivity contribution < 1.29 is 9.32 Å². The van der Waals surface area contributed by atoms with Crippen LogP contribution in [0.25, 0.3) is 22.2 Å². The second kappa shape index (κ2) is 8.12. The van der Waals surface area contributed by atoms with Gasteiger partial charge in [0.1, 0.15) is 22.8 Å². The molecule has 0 saturated carbocycles. The van der Waals surface area contributed by atoms with Crippen molar-refractivity contribution in [2.24, 2.45) is 0 Å². The van der Waals surface area contributed by atoms with Crippen LogP contribution in [0.4, 0.5) is 0 Å². The van der Waals surface area contributed by atoms with Crippen molar-refractivity contribution in [1.82, 2.24) is 20.0 Å². The average molecular weight is 423 g/mol. The number of carbonyl (C=O) groups is 1. The van der Waals surface area contributed by atoms with Gasteiger partial charge in [-0.2, -0.15) is 0 Å². The van der Waals surface area contributed by atoms with E-state index in [1.54, 1.807) is 48.2 Å². The number of hydrogen-bond acceptors (Lipinski definition) is 5. The summed E-state index contributed by atoms with van der Waals surface area (Å²) in [5, 5.41) is 5.05. The lowest BCUT2D eigenvalue weighted by Gasteiger charge is -2.20. The molecule has 0 fully saturated rings. The Morgan fingerprint density at radius 2 is 1.90 bits per heavy atom. The Morgan fingerprint density at radius 3 is 2.67 bits per heavy atom. The normalized spacial score (nSPS) is 11.0.